The summed E-state index contributed by atoms with van der Waals surface area (Å²) in [5.41, 5.74) is 1.30. The van der Waals surface area contributed by atoms with Gasteiger partial charge in [0.2, 0.25) is 0 Å². The van der Waals surface area contributed by atoms with E-state index in [1.54, 1.807) is 6.92 Å². The van der Waals surface area contributed by atoms with Crippen LogP contribution >= 0.6 is 11.3 Å². The smallest absolute Gasteiger partial charge is 0.309 e. The number of carbonyl (C=O) groups is 2. The molecule has 1 N–H and O–H groups in total. The SMILES string of the molecule is CCOC(=O)C1CCc2nc(NC(=O)c3ccc(F)cc3)sc2C1. The molecule has 1 amide bonds. The maximum absolute atomic E-state index is 12.9. The highest BCUT2D eigenvalue weighted by Gasteiger charge is 2.28. The minimum atomic E-state index is -0.388. The predicted octanol–water partition coefficient (Wildman–Crippen LogP) is 3.20. The van der Waals surface area contributed by atoms with Crippen molar-refractivity contribution in [2.45, 2.75) is 26.2 Å². The van der Waals surface area contributed by atoms with E-state index in [2.05, 4.69) is 10.3 Å². The fraction of sp³-hybridized carbons (Fsp3) is 0.353. The van der Waals surface area contributed by atoms with Crippen LogP contribution in [0.3, 0.4) is 0 Å². The van der Waals surface area contributed by atoms with Crippen LogP contribution in [0.2, 0.25) is 0 Å². The lowest BCUT2D eigenvalue weighted by Crippen LogP contribution is -2.24. The van der Waals surface area contributed by atoms with E-state index < -0.39 is 0 Å². The topological polar surface area (TPSA) is 68.3 Å². The zero-order valence-corrected chi connectivity index (χ0v) is 14.0. The van der Waals surface area contributed by atoms with Crippen LogP contribution < -0.4 is 5.32 Å². The van der Waals surface area contributed by atoms with Crippen LogP contribution in [0.15, 0.2) is 24.3 Å². The average molecular weight is 348 g/mol. The number of hydrogen-bond donors (Lipinski definition) is 1. The molecule has 1 aromatic heterocycles. The minimum absolute atomic E-state index is 0.140. The first-order chi connectivity index (χ1) is 11.6. The number of aryl methyl sites for hydroxylation is 1. The van der Waals surface area contributed by atoms with Crippen LogP contribution in [0.4, 0.5) is 9.52 Å². The molecule has 1 heterocycles. The monoisotopic (exact) mass is 348 g/mol. The highest BCUT2D eigenvalue weighted by Crippen LogP contribution is 2.33. The summed E-state index contributed by atoms with van der Waals surface area (Å²) in [5.74, 6) is -1.03. The molecule has 1 unspecified atom stereocenters. The van der Waals surface area contributed by atoms with Gasteiger partial charge in [0.1, 0.15) is 5.82 Å². The third kappa shape index (κ3) is 3.62. The number of hydrogen-bond acceptors (Lipinski definition) is 5. The van der Waals surface area contributed by atoms with E-state index in [1.165, 1.54) is 35.6 Å². The Bertz CT molecular complexity index is 758. The third-order valence-corrected chi connectivity index (χ3v) is 4.92. The van der Waals surface area contributed by atoms with Gasteiger partial charge in [-0.25, -0.2) is 9.37 Å². The number of ether oxygens (including phenoxy) is 1. The Kier molecular flexibility index (Phi) is 4.89. The highest BCUT2D eigenvalue weighted by molar-refractivity contribution is 7.15. The number of halogens is 1. The van der Waals surface area contributed by atoms with Crippen molar-refractivity contribution < 1.29 is 18.7 Å². The van der Waals surface area contributed by atoms with Crippen LogP contribution in [0, 0.1) is 11.7 Å². The van der Waals surface area contributed by atoms with E-state index in [9.17, 15) is 14.0 Å². The van der Waals surface area contributed by atoms with Gasteiger partial charge < -0.3 is 4.74 Å². The van der Waals surface area contributed by atoms with Gasteiger partial charge >= 0.3 is 5.97 Å². The summed E-state index contributed by atoms with van der Waals surface area (Å²) in [6, 6.07) is 5.33. The molecule has 0 saturated carbocycles. The quantitative estimate of drug-likeness (QED) is 0.862. The third-order valence-electron chi connectivity index (χ3n) is 3.89. The van der Waals surface area contributed by atoms with Crippen molar-refractivity contribution in [3.63, 3.8) is 0 Å². The molecule has 126 valence electrons. The molecule has 2 aromatic rings. The number of anilines is 1. The number of esters is 1. The van der Waals surface area contributed by atoms with E-state index in [1.807, 2.05) is 0 Å². The largest absolute Gasteiger partial charge is 0.466 e. The first kappa shape index (κ1) is 16.6. The molecule has 0 spiro atoms. The summed E-state index contributed by atoms with van der Waals surface area (Å²) in [6.07, 6.45) is 2.00. The molecular weight excluding hydrogens is 331 g/mol. The summed E-state index contributed by atoms with van der Waals surface area (Å²) in [4.78, 5) is 29.5. The van der Waals surface area contributed by atoms with Crippen molar-refractivity contribution in [1.82, 2.24) is 4.98 Å². The lowest BCUT2D eigenvalue weighted by atomic mass is 9.91. The van der Waals surface area contributed by atoms with E-state index in [-0.39, 0.29) is 23.6 Å². The number of thiazole rings is 1. The molecule has 1 aromatic carbocycles. The second-order valence-corrected chi connectivity index (χ2v) is 6.63. The highest BCUT2D eigenvalue weighted by atomic mass is 32.1. The van der Waals surface area contributed by atoms with Crippen LogP contribution in [-0.2, 0) is 22.4 Å². The first-order valence-corrected chi connectivity index (χ1v) is 8.60. The Morgan fingerprint density at radius 1 is 1.38 bits per heavy atom. The predicted molar refractivity (Wildman–Crippen MR) is 88.6 cm³/mol. The molecule has 5 nitrogen and oxygen atoms in total. The molecule has 0 fully saturated rings. The zero-order valence-electron chi connectivity index (χ0n) is 13.2. The number of carbonyl (C=O) groups excluding carboxylic acids is 2. The van der Waals surface area contributed by atoms with Crippen molar-refractivity contribution in [2.24, 2.45) is 5.92 Å². The fourth-order valence-electron chi connectivity index (χ4n) is 2.66. The maximum atomic E-state index is 12.9. The average Bonchev–Trinajstić information content (AvgIpc) is 2.96. The second-order valence-electron chi connectivity index (χ2n) is 5.54. The Labute approximate surface area is 142 Å². The van der Waals surface area contributed by atoms with Crippen molar-refractivity contribution in [2.75, 3.05) is 11.9 Å². The molecule has 1 aliphatic carbocycles. The van der Waals surface area contributed by atoms with Gasteiger partial charge in [0, 0.05) is 10.4 Å². The summed E-state index contributed by atoms with van der Waals surface area (Å²) in [5, 5.41) is 3.23. The number of fused-ring (bicyclic) bond motifs is 1. The number of rotatable bonds is 4. The van der Waals surface area contributed by atoms with Gasteiger partial charge in [0.05, 0.1) is 18.2 Å². The fourth-order valence-corrected chi connectivity index (χ4v) is 3.74. The lowest BCUT2D eigenvalue weighted by molar-refractivity contribution is -0.148. The number of nitrogens with zero attached hydrogens (tertiary/aromatic N) is 1. The Hall–Kier alpha value is -2.28. The number of amides is 1. The molecule has 24 heavy (non-hydrogen) atoms. The van der Waals surface area contributed by atoms with Gasteiger partial charge in [0.15, 0.2) is 5.13 Å². The number of nitrogens with one attached hydrogen (secondary N) is 1. The second kappa shape index (κ2) is 7.09. The molecule has 0 saturated heterocycles. The molecule has 0 aliphatic heterocycles. The van der Waals surface area contributed by atoms with Crippen molar-refractivity contribution in [3.8, 4) is 0 Å². The molecule has 0 radical (unpaired) electrons. The van der Waals surface area contributed by atoms with Gasteiger partial charge in [-0.2, -0.15) is 0 Å². The van der Waals surface area contributed by atoms with Crippen molar-refractivity contribution in [3.05, 3.63) is 46.2 Å². The van der Waals surface area contributed by atoms with Gasteiger partial charge in [-0.15, -0.1) is 11.3 Å². The Morgan fingerprint density at radius 3 is 2.83 bits per heavy atom. The van der Waals surface area contributed by atoms with Crippen LogP contribution in [0.5, 0.6) is 0 Å². The van der Waals surface area contributed by atoms with Crippen LogP contribution in [0.25, 0.3) is 0 Å². The van der Waals surface area contributed by atoms with Crippen LogP contribution in [0.1, 0.15) is 34.3 Å². The van der Waals surface area contributed by atoms with E-state index in [0.29, 0.717) is 36.6 Å². The normalized spacial score (nSPS) is 16.3. The Morgan fingerprint density at radius 2 is 2.12 bits per heavy atom. The molecule has 1 atom stereocenters. The van der Waals surface area contributed by atoms with Gasteiger partial charge in [-0.05, 0) is 50.5 Å². The van der Waals surface area contributed by atoms with Crippen LogP contribution in [-0.4, -0.2) is 23.5 Å². The van der Waals surface area contributed by atoms with Gasteiger partial charge in [0.25, 0.3) is 5.91 Å². The zero-order chi connectivity index (χ0) is 17.1. The maximum Gasteiger partial charge on any atom is 0.309 e. The summed E-state index contributed by atoms with van der Waals surface area (Å²) in [6.45, 7) is 2.17. The first-order valence-electron chi connectivity index (χ1n) is 7.79. The molecular formula is C17H17FN2O3S. The minimum Gasteiger partial charge on any atom is -0.466 e. The summed E-state index contributed by atoms with van der Waals surface area (Å²) < 4.78 is 18.0. The van der Waals surface area contributed by atoms with Gasteiger partial charge in [-0.1, -0.05) is 0 Å². The van der Waals surface area contributed by atoms with E-state index in [4.69, 9.17) is 4.74 Å². The molecule has 7 heteroatoms. The lowest BCUT2D eigenvalue weighted by Gasteiger charge is -2.18. The van der Waals surface area contributed by atoms with Crippen molar-refractivity contribution >= 4 is 28.3 Å². The van der Waals surface area contributed by atoms with E-state index in [0.717, 1.165) is 10.6 Å². The summed E-state index contributed by atoms with van der Waals surface area (Å²) >= 11 is 1.38. The van der Waals surface area contributed by atoms with Crippen molar-refractivity contribution in [1.29, 1.82) is 0 Å². The molecule has 3 rings (SSSR count). The van der Waals surface area contributed by atoms with Gasteiger partial charge in [-0.3, -0.25) is 14.9 Å². The molecule has 0 bridgehead atoms. The van der Waals surface area contributed by atoms with E-state index >= 15 is 0 Å². The standard InChI is InChI=1S/C17H17FN2O3S/c1-2-23-16(22)11-5-8-13-14(9-11)24-17(19-13)20-15(21)10-3-6-12(18)7-4-10/h3-4,6-7,11H,2,5,8-9H2,1H3,(H,19,20,21). The summed E-state index contributed by atoms with van der Waals surface area (Å²) in [7, 11) is 0. The Balaban J connectivity index is 1.68. The number of aromatic nitrogens is 1. The molecule has 1 aliphatic rings. The number of benzene rings is 1.